The van der Waals surface area contributed by atoms with Gasteiger partial charge in [0, 0.05) is 30.9 Å². The number of thiophene rings is 1. The average molecular weight is 399 g/mol. The van der Waals surface area contributed by atoms with Crippen LogP contribution in [-0.2, 0) is 17.9 Å². The standard InChI is InChI=1S/C19H24F3N3OS/c1-14(17-4-3-9-27-17)10-24-18(23-2)25-11-15-5-7-16(8-6-15)12-26-13-19(20,21)22/h3-9,14H,10-13H2,1-2H3,(H2,23,24,25). The maximum Gasteiger partial charge on any atom is 0.411 e. The van der Waals surface area contributed by atoms with Crippen LogP contribution < -0.4 is 10.6 Å². The molecule has 4 nitrogen and oxygen atoms in total. The zero-order valence-electron chi connectivity index (χ0n) is 15.3. The number of nitrogens with one attached hydrogen (secondary N) is 2. The monoisotopic (exact) mass is 399 g/mol. The van der Waals surface area contributed by atoms with E-state index < -0.39 is 12.8 Å². The second-order valence-electron chi connectivity index (χ2n) is 6.15. The van der Waals surface area contributed by atoms with E-state index in [0.717, 1.165) is 12.1 Å². The summed E-state index contributed by atoms with van der Waals surface area (Å²) in [5.41, 5.74) is 1.71. The Morgan fingerprint density at radius 2 is 1.85 bits per heavy atom. The van der Waals surface area contributed by atoms with Gasteiger partial charge in [-0.05, 0) is 22.6 Å². The van der Waals surface area contributed by atoms with Crippen molar-refractivity contribution in [3.8, 4) is 0 Å². The fourth-order valence-corrected chi connectivity index (χ4v) is 3.15. The number of nitrogens with zero attached hydrogens (tertiary/aromatic N) is 1. The van der Waals surface area contributed by atoms with Gasteiger partial charge in [-0.25, -0.2) is 0 Å². The van der Waals surface area contributed by atoms with Crippen LogP contribution in [-0.4, -0.2) is 32.3 Å². The maximum absolute atomic E-state index is 12.1. The number of hydrogen-bond donors (Lipinski definition) is 2. The van der Waals surface area contributed by atoms with Crippen LogP contribution in [0.2, 0.25) is 0 Å². The summed E-state index contributed by atoms with van der Waals surface area (Å²) < 4.78 is 40.9. The average Bonchev–Trinajstić information content (AvgIpc) is 3.16. The van der Waals surface area contributed by atoms with Crippen LogP contribution in [0.1, 0.15) is 28.8 Å². The molecule has 0 bridgehead atoms. The van der Waals surface area contributed by atoms with E-state index in [9.17, 15) is 13.2 Å². The van der Waals surface area contributed by atoms with E-state index in [-0.39, 0.29) is 6.61 Å². The Labute approximate surface area is 161 Å². The van der Waals surface area contributed by atoms with Crippen LogP contribution >= 0.6 is 11.3 Å². The van der Waals surface area contributed by atoms with Crippen molar-refractivity contribution in [2.24, 2.45) is 4.99 Å². The normalized spacial score (nSPS) is 13.4. The number of benzene rings is 1. The van der Waals surface area contributed by atoms with Crippen LogP contribution in [0, 0.1) is 0 Å². The first kappa shape index (κ1) is 21.2. The van der Waals surface area contributed by atoms with Gasteiger partial charge in [0.05, 0.1) is 6.61 Å². The lowest BCUT2D eigenvalue weighted by Gasteiger charge is -2.15. The van der Waals surface area contributed by atoms with Crippen molar-refractivity contribution in [3.63, 3.8) is 0 Å². The molecule has 148 valence electrons. The highest BCUT2D eigenvalue weighted by molar-refractivity contribution is 7.10. The molecule has 0 radical (unpaired) electrons. The molecule has 1 aromatic carbocycles. The molecule has 0 aliphatic carbocycles. The summed E-state index contributed by atoms with van der Waals surface area (Å²) in [5.74, 6) is 1.09. The van der Waals surface area contributed by atoms with Gasteiger partial charge in [-0.1, -0.05) is 37.3 Å². The van der Waals surface area contributed by atoms with Crippen molar-refractivity contribution in [2.45, 2.75) is 32.2 Å². The highest BCUT2D eigenvalue weighted by Gasteiger charge is 2.27. The first-order valence-electron chi connectivity index (χ1n) is 8.57. The van der Waals surface area contributed by atoms with Crippen molar-refractivity contribution in [1.29, 1.82) is 0 Å². The minimum atomic E-state index is -4.30. The number of ether oxygens (including phenoxy) is 1. The van der Waals surface area contributed by atoms with E-state index >= 15 is 0 Å². The largest absolute Gasteiger partial charge is 0.411 e. The van der Waals surface area contributed by atoms with E-state index in [0.29, 0.717) is 24.0 Å². The van der Waals surface area contributed by atoms with Crippen LogP contribution in [0.25, 0.3) is 0 Å². The quantitative estimate of drug-likeness (QED) is 0.514. The van der Waals surface area contributed by atoms with Gasteiger partial charge in [-0.3, -0.25) is 4.99 Å². The number of guanidine groups is 1. The molecule has 0 amide bonds. The van der Waals surface area contributed by atoms with E-state index in [1.165, 1.54) is 4.88 Å². The Bertz CT molecular complexity index is 700. The third-order valence-corrected chi connectivity index (χ3v) is 4.95. The van der Waals surface area contributed by atoms with E-state index in [1.54, 1.807) is 30.5 Å². The molecule has 1 aromatic heterocycles. The molecule has 0 aliphatic rings. The zero-order chi connectivity index (χ0) is 19.7. The Balaban J connectivity index is 1.74. The zero-order valence-corrected chi connectivity index (χ0v) is 16.2. The molecule has 2 rings (SSSR count). The summed E-state index contributed by atoms with van der Waals surface area (Å²) in [6.07, 6.45) is -4.30. The maximum atomic E-state index is 12.1. The fraction of sp³-hybridized carbons (Fsp3) is 0.421. The lowest BCUT2D eigenvalue weighted by molar-refractivity contribution is -0.176. The van der Waals surface area contributed by atoms with Gasteiger partial charge in [0.2, 0.25) is 0 Å². The minimum absolute atomic E-state index is 0.0585. The van der Waals surface area contributed by atoms with Gasteiger partial charge in [0.25, 0.3) is 0 Å². The molecule has 0 aliphatic heterocycles. The number of aliphatic imine (C=N–C) groups is 1. The lowest BCUT2D eigenvalue weighted by Crippen LogP contribution is -2.38. The van der Waals surface area contributed by atoms with Gasteiger partial charge in [0.15, 0.2) is 5.96 Å². The second kappa shape index (κ2) is 10.3. The number of rotatable bonds is 8. The molecule has 1 heterocycles. The third kappa shape index (κ3) is 8.01. The predicted octanol–water partition coefficient (Wildman–Crippen LogP) is 4.30. The minimum Gasteiger partial charge on any atom is -0.367 e. The Hall–Kier alpha value is -2.06. The summed E-state index contributed by atoms with van der Waals surface area (Å²) in [5, 5.41) is 8.60. The lowest BCUT2D eigenvalue weighted by atomic mass is 10.1. The molecule has 27 heavy (non-hydrogen) atoms. The smallest absolute Gasteiger partial charge is 0.367 e. The van der Waals surface area contributed by atoms with Crippen LogP contribution in [0.4, 0.5) is 13.2 Å². The van der Waals surface area contributed by atoms with Crippen molar-refractivity contribution in [3.05, 3.63) is 57.8 Å². The summed E-state index contributed by atoms with van der Waals surface area (Å²) in [6, 6.07) is 11.4. The highest BCUT2D eigenvalue weighted by atomic mass is 32.1. The molecular formula is C19H24F3N3OS. The van der Waals surface area contributed by atoms with Crippen molar-refractivity contribution >= 4 is 17.3 Å². The van der Waals surface area contributed by atoms with Gasteiger partial charge in [-0.2, -0.15) is 13.2 Å². The molecule has 1 atom stereocenters. The van der Waals surface area contributed by atoms with Crippen LogP contribution in [0.15, 0.2) is 46.8 Å². The first-order chi connectivity index (χ1) is 12.9. The summed E-state index contributed by atoms with van der Waals surface area (Å²) >= 11 is 1.74. The van der Waals surface area contributed by atoms with Crippen LogP contribution in [0.5, 0.6) is 0 Å². The molecule has 0 saturated heterocycles. The summed E-state index contributed by atoms with van der Waals surface area (Å²) in [7, 11) is 1.71. The predicted molar refractivity (Wildman–Crippen MR) is 103 cm³/mol. The molecule has 0 fully saturated rings. The number of hydrogen-bond acceptors (Lipinski definition) is 3. The van der Waals surface area contributed by atoms with E-state index in [1.807, 2.05) is 18.2 Å². The number of alkyl halides is 3. The summed E-state index contributed by atoms with van der Waals surface area (Å²) in [4.78, 5) is 5.53. The first-order valence-corrected chi connectivity index (χ1v) is 9.45. The van der Waals surface area contributed by atoms with Gasteiger partial charge in [0.1, 0.15) is 6.61 Å². The molecule has 1 unspecified atom stereocenters. The van der Waals surface area contributed by atoms with Crippen molar-refractivity contribution < 1.29 is 17.9 Å². The Morgan fingerprint density at radius 3 is 2.44 bits per heavy atom. The number of halogens is 3. The molecule has 8 heteroatoms. The fourth-order valence-electron chi connectivity index (χ4n) is 2.37. The highest BCUT2D eigenvalue weighted by Crippen LogP contribution is 2.19. The second-order valence-corrected chi connectivity index (χ2v) is 7.13. The Kier molecular flexibility index (Phi) is 8.12. The molecular weight excluding hydrogens is 375 g/mol. The van der Waals surface area contributed by atoms with Gasteiger partial charge < -0.3 is 15.4 Å². The topological polar surface area (TPSA) is 45.7 Å². The molecule has 0 spiro atoms. The Morgan fingerprint density at radius 1 is 1.15 bits per heavy atom. The van der Waals surface area contributed by atoms with Crippen LogP contribution in [0.3, 0.4) is 0 Å². The van der Waals surface area contributed by atoms with Gasteiger partial charge in [-0.15, -0.1) is 11.3 Å². The van der Waals surface area contributed by atoms with Crippen molar-refractivity contribution in [2.75, 3.05) is 20.2 Å². The van der Waals surface area contributed by atoms with Gasteiger partial charge >= 0.3 is 6.18 Å². The molecule has 2 N–H and O–H groups in total. The van der Waals surface area contributed by atoms with E-state index in [4.69, 9.17) is 0 Å². The SMILES string of the molecule is CN=C(NCc1ccc(COCC(F)(F)F)cc1)NCC(C)c1cccs1. The summed E-state index contributed by atoms with van der Waals surface area (Å²) in [6.45, 7) is 2.21. The van der Waals surface area contributed by atoms with E-state index in [2.05, 4.69) is 38.7 Å². The van der Waals surface area contributed by atoms with Crippen molar-refractivity contribution in [1.82, 2.24) is 10.6 Å². The third-order valence-electron chi connectivity index (χ3n) is 3.85. The molecule has 0 saturated carbocycles. The molecule has 2 aromatic rings.